The zero-order valence-corrected chi connectivity index (χ0v) is 11.8. The van der Waals surface area contributed by atoms with Gasteiger partial charge in [-0.3, -0.25) is 9.59 Å². The van der Waals surface area contributed by atoms with Crippen LogP contribution in [0.15, 0.2) is 29.4 Å². The summed E-state index contributed by atoms with van der Waals surface area (Å²) in [5.41, 5.74) is 2.32. The number of amides is 2. The second-order valence-electron chi connectivity index (χ2n) is 4.92. The molecule has 2 N–H and O–H groups in total. The number of halogens is 1. The number of hydrogen-bond acceptors (Lipinski definition) is 3. The van der Waals surface area contributed by atoms with Crippen LogP contribution in [0.25, 0.3) is 0 Å². The smallest absolute Gasteiger partial charge is 0.329 e. The van der Waals surface area contributed by atoms with Gasteiger partial charge < -0.3 is 5.32 Å². The molecule has 0 aromatic heterocycles. The molecule has 19 heavy (non-hydrogen) atoms. The summed E-state index contributed by atoms with van der Waals surface area (Å²) >= 11 is 5.91. The second kappa shape index (κ2) is 6.33. The Morgan fingerprint density at radius 1 is 1.21 bits per heavy atom. The number of carbonyl (C=O) groups is 2. The average molecular weight is 282 g/mol. The first-order valence-electron chi connectivity index (χ1n) is 5.70. The van der Waals surface area contributed by atoms with E-state index >= 15 is 0 Å². The number of benzene rings is 1. The van der Waals surface area contributed by atoms with Gasteiger partial charge in [0, 0.05) is 16.1 Å². The number of rotatable bonds is 2. The molecular formula is C13H16ClN3O2. The third-order valence-electron chi connectivity index (χ3n) is 1.97. The number of nitrogens with one attached hydrogen (secondary N) is 2. The summed E-state index contributed by atoms with van der Waals surface area (Å²) in [6, 6.07) is 7.03. The Labute approximate surface area is 117 Å². The van der Waals surface area contributed by atoms with Crippen LogP contribution in [0.1, 0.15) is 26.3 Å². The van der Waals surface area contributed by atoms with E-state index in [4.69, 9.17) is 11.6 Å². The SMILES string of the molecule is CC(C)(C)NC(=O)C(=O)N/N=C/c1ccccc1Cl. The average Bonchev–Trinajstić information content (AvgIpc) is 2.29. The van der Waals surface area contributed by atoms with Crippen LogP contribution in [0.3, 0.4) is 0 Å². The minimum Gasteiger partial charge on any atom is -0.343 e. The molecule has 0 bridgehead atoms. The summed E-state index contributed by atoms with van der Waals surface area (Å²) in [5.74, 6) is -1.55. The van der Waals surface area contributed by atoms with E-state index in [9.17, 15) is 9.59 Å². The fourth-order valence-electron chi connectivity index (χ4n) is 1.19. The predicted octanol–water partition coefficient (Wildman–Crippen LogP) is 1.70. The normalized spacial score (nSPS) is 11.4. The molecule has 1 rings (SSSR count). The second-order valence-corrected chi connectivity index (χ2v) is 5.33. The molecular weight excluding hydrogens is 266 g/mol. The van der Waals surface area contributed by atoms with Gasteiger partial charge in [-0.1, -0.05) is 29.8 Å². The van der Waals surface area contributed by atoms with Gasteiger partial charge in [-0.05, 0) is 26.8 Å². The first kappa shape index (κ1) is 15.2. The highest BCUT2D eigenvalue weighted by Gasteiger charge is 2.19. The summed E-state index contributed by atoms with van der Waals surface area (Å²) in [5, 5.41) is 6.73. The van der Waals surface area contributed by atoms with E-state index in [-0.39, 0.29) is 0 Å². The lowest BCUT2D eigenvalue weighted by Crippen LogP contribution is -2.47. The maximum Gasteiger partial charge on any atom is 0.329 e. The largest absolute Gasteiger partial charge is 0.343 e. The lowest BCUT2D eigenvalue weighted by Gasteiger charge is -2.19. The molecule has 0 fully saturated rings. The highest BCUT2D eigenvalue weighted by atomic mass is 35.5. The van der Waals surface area contributed by atoms with Gasteiger partial charge in [0.1, 0.15) is 0 Å². The molecule has 5 nitrogen and oxygen atoms in total. The van der Waals surface area contributed by atoms with Gasteiger partial charge in [-0.25, -0.2) is 5.43 Å². The molecule has 0 aliphatic heterocycles. The van der Waals surface area contributed by atoms with Crippen LogP contribution in [-0.4, -0.2) is 23.6 Å². The van der Waals surface area contributed by atoms with Crippen molar-refractivity contribution in [1.82, 2.24) is 10.7 Å². The molecule has 0 aliphatic rings. The number of hydrazone groups is 1. The Morgan fingerprint density at radius 2 is 1.84 bits per heavy atom. The quantitative estimate of drug-likeness (QED) is 0.492. The molecule has 2 amide bonds. The Morgan fingerprint density at radius 3 is 2.42 bits per heavy atom. The summed E-state index contributed by atoms with van der Waals surface area (Å²) in [4.78, 5) is 22.9. The molecule has 0 atom stereocenters. The van der Waals surface area contributed by atoms with Crippen LogP contribution in [0.5, 0.6) is 0 Å². The molecule has 0 aliphatic carbocycles. The summed E-state index contributed by atoms with van der Waals surface area (Å²) in [6.07, 6.45) is 1.38. The highest BCUT2D eigenvalue weighted by molar-refractivity contribution is 6.35. The van der Waals surface area contributed by atoms with Crippen molar-refractivity contribution in [3.05, 3.63) is 34.9 Å². The van der Waals surface area contributed by atoms with Gasteiger partial charge in [0.05, 0.1) is 6.21 Å². The van der Waals surface area contributed by atoms with Crippen molar-refractivity contribution in [3.8, 4) is 0 Å². The van der Waals surface area contributed by atoms with Crippen molar-refractivity contribution in [2.75, 3.05) is 0 Å². The van der Waals surface area contributed by atoms with Crippen LogP contribution in [0, 0.1) is 0 Å². The number of nitrogens with zero attached hydrogens (tertiary/aromatic N) is 1. The molecule has 1 aromatic carbocycles. The summed E-state index contributed by atoms with van der Waals surface area (Å²) < 4.78 is 0. The monoisotopic (exact) mass is 281 g/mol. The first-order chi connectivity index (χ1) is 8.79. The van der Waals surface area contributed by atoms with Gasteiger partial charge in [-0.2, -0.15) is 5.10 Å². The minimum atomic E-state index is -0.821. The van der Waals surface area contributed by atoms with Crippen molar-refractivity contribution in [2.45, 2.75) is 26.3 Å². The van der Waals surface area contributed by atoms with Crippen LogP contribution in [0.2, 0.25) is 5.02 Å². The Bertz CT molecular complexity index is 507. The Balaban J connectivity index is 2.55. The molecule has 0 heterocycles. The van der Waals surface area contributed by atoms with Crippen LogP contribution in [-0.2, 0) is 9.59 Å². The Kier molecular flexibility index (Phi) is 5.06. The third-order valence-corrected chi connectivity index (χ3v) is 2.31. The lowest BCUT2D eigenvalue weighted by atomic mass is 10.1. The number of carbonyl (C=O) groups excluding carboxylic acids is 2. The molecule has 0 unspecified atom stereocenters. The van der Waals surface area contributed by atoms with Crippen molar-refractivity contribution in [2.24, 2.45) is 5.10 Å². The van der Waals surface area contributed by atoms with E-state index in [2.05, 4.69) is 15.8 Å². The van der Waals surface area contributed by atoms with E-state index in [0.29, 0.717) is 10.6 Å². The van der Waals surface area contributed by atoms with E-state index in [1.165, 1.54) is 6.21 Å². The van der Waals surface area contributed by atoms with E-state index in [1.807, 2.05) is 0 Å². The number of hydrogen-bond donors (Lipinski definition) is 2. The molecule has 0 spiro atoms. The standard InChI is InChI=1S/C13H16ClN3O2/c1-13(2,3)16-11(18)12(19)17-15-8-9-6-4-5-7-10(9)14/h4-8H,1-3H3,(H,16,18)(H,17,19)/b15-8+. The zero-order chi connectivity index (χ0) is 14.5. The van der Waals surface area contributed by atoms with Crippen molar-refractivity contribution >= 4 is 29.6 Å². The Hall–Kier alpha value is -1.88. The molecule has 0 saturated carbocycles. The molecule has 0 radical (unpaired) electrons. The van der Waals surface area contributed by atoms with Crippen molar-refractivity contribution in [1.29, 1.82) is 0 Å². The molecule has 6 heteroatoms. The third kappa shape index (κ3) is 5.52. The topological polar surface area (TPSA) is 70.6 Å². The van der Waals surface area contributed by atoms with Crippen LogP contribution < -0.4 is 10.7 Å². The van der Waals surface area contributed by atoms with Gasteiger partial charge in [-0.15, -0.1) is 0 Å². The van der Waals surface area contributed by atoms with Crippen LogP contribution >= 0.6 is 11.6 Å². The predicted molar refractivity (Wildman–Crippen MR) is 75.1 cm³/mol. The highest BCUT2D eigenvalue weighted by Crippen LogP contribution is 2.11. The van der Waals surface area contributed by atoms with E-state index in [0.717, 1.165) is 0 Å². The van der Waals surface area contributed by atoms with Gasteiger partial charge in [0.15, 0.2) is 0 Å². The minimum absolute atomic E-state index is 0.471. The lowest BCUT2D eigenvalue weighted by molar-refractivity contribution is -0.140. The maximum absolute atomic E-state index is 11.4. The molecule has 0 saturated heterocycles. The summed E-state index contributed by atoms with van der Waals surface area (Å²) in [7, 11) is 0. The van der Waals surface area contributed by atoms with Crippen molar-refractivity contribution in [3.63, 3.8) is 0 Å². The van der Waals surface area contributed by atoms with Gasteiger partial charge >= 0.3 is 11.8 Å². The van der Waals surface area contributed by atoms with E-state index in [1.54, 1.807) is 45.0 Å². The summed E-state index contributed by atoms with van der Waals surface area (Å²) in [6.45, 7) is 5.35. The van der Waals surface area contributed by atoms with Crippen LogP contribution in [0.4, 0.5) is 0 Å². The van der Waals surface area contributed by atoms with Crippen molar-refractivity contribution < 1.29 is 9.59 Å². The van der Waals surface area contributed by atoms with Gasteiger partial charge in [0.25, 0.3) is 0 Å². The molecule has 102 valence electrons. The zero-order valence-electron chi connectivity index (χ0n) is 11.0. The van der Waals surface area contributed by atoms with E-state index < -0.39 is 17.4 Å². The fourth-order valence-corrected chi connectivity index (χ4v) is 1.37. The first-order valence-corrected chi connectivity index (χ1v) is 6.07. The van der Waals surface area contributed by atoms with Gasteiger partial charge in [0.2, 0.25) is 0 Å². The fraction of sp³-hybridized carbons (Fsp3) is 0.308. The maximum atomic E-state index is 11.4. The molecule has 1 aromatic rings.